The van der Waals surface area contributed by atoms with Crippen LogP contribution in [-0.2, 0) is 4.79 Å². The number of aromatic nitrogens is 5. The lowest BCUT2D eigenvalue weighted by Crippen LogP contribution is -2.25. The van der Waals surface area contributed by atoms with Crippen molar-refractivity contribution in [3.05, 3.63) is 78.1 Å². The van der Waals surface area contributed by atoms with Crippen molar-refractivity contribution in [1.29, 1.82) is 0 Å². The van der Waals surface area contributed by atoms with Gasteiger partial charge >= 0.3 is 0 Å². The zero-order valence-electron chi connectivity index (χ0n) is 20.8. The standard InChI is InChI=1S/C27H26N6O4/c1-5-11-37-23-13-17(9-10-22(23)36-4)20-14-24(34)30-26-25(20)16(2)32-33(26)27-29-21(15-28-31-27)18-7-6-8-19(12-18)35-3/h5-10,12-13,15,20H,1,11,14H2,2-4H3,(H,30,34)/t20-/m0/s1. The molecule has 0 fully saturated rings. The number of aryl methyl sites for hydroxylation is 1. The van der Waals surface area contributed by atoms with Crippen LogP contribution in [0.5, 0.6) is 17.2 Å². The van der Waals surface area contributed by atoms with Crippen molar-refractivity contribution in [2.75, 3.05) is 26.1 Å². The van der Waals surface area contributed by atoms with Crippen LogP contribution >= 0.6 is 0 Å². The van der Waals surface area contributed by atoms with Gasteiger partial charge in [-0.1, -0.05) is 30.9 Å². The number of rotatable bonds is 8. The first-order chi connectivity index (χ1) is 18.0. The number of nitrogens with zero attached hydrogens (tertiary/aromatic N) is 5. The quantitative estimate of drug-likeness (QED) is 0.362. The zero-order valence-corrected chi connectivity index (χ0v) is 20.8. The summed E-state index contributed by atoms with van der Waals surface area (Å²) in [6.07, 6.45) is 3.50. The van der Waals surface area contributed by atoms with Crippen LogP contribution in [0.2, 0.25) is 0 Å². The van der Waals surface area contributed by atoms with E-state index in [9.17, 15) is 4.79 Å². The Kier molecular flexibility index (Phi) is 6.55. The summed E-state index contributed by atoms with van der Waals surface area (Å²) in [6.45, 7) is 5.94. The second-order valence-corrected chi connectivity index (χ2v) is 8.45. The lowest BCUT2D eigenvalue weighted by atomic mass is 9.85. The largest absolute Gasteiger partial charge is 0.497 e. The van der Waals surface area contributed by atoms with Crippen LogP contribution in [-0.4, -0.2) is 51.7 Å². The molecule has 1 aliphatic heterocycles. The highest BCUT2D eigenvalue weighted by Crippen LogP contribution is 2.42. The molecule has 1 aliphatic rings. The van der Waals surface area contributed by atoms with Crippen LogP contribution in [0, 0.1) is 6.92 Å². The monoisotopic (exact) mass is 498 g/mol. The van der Waals surface area contributed by atoms with Gasteiger partial charge in [0.1, 0.15) is 18.2 Å². The fourth-order valence-electron chi connectivity index (χ4n) is 4.45. The molecule has 1 amide bonds. The molecule has 2 aromatic carbocycles. The molecule has 1 N–H and O–H groups in total. The van der Waals surface area contributed by atoms with Crippen LogP contribution < -0.4 is 19.5 Å². The minimum absolute atomic E-state index is 0.139. The number of carbonyl (C=O) groups excluding carboxylic acids is 1. The Labute approximate surface area is 213 Å². The lowest BCUT2D eigenvalue weighted by Gasteiger charge is -2.25. The van der Waals surface area contributed by atoms with Crippen molar-refractivity contribution in [1.82, 2.24) is 25.0 Å². The van der Waals surface area contributed by atoms with E-state index in [0.717, 1.165) is 22.4 Å². The number of hydrogen-bond acceptors (Lipinski definition) is 8. The molecule has 10 heteroatoms. The third kappa shape index (κ3) is 4.61. The summed E-state index contributed by atoms with van der Waals surface area (Å²) in [5.41, 5.74) is 3.96. The Hall–Kier alpha value is -4.73. The van der Waals surface area contributed by atoms with E-state index >= 15 is 0 Å². The smallest absolute Gasteiger partial charge is 0.272 e. The van der Waals surface area contributed by atoms with Crippen LogP contribution in [0.1, 0.15) is 29.2 Å². The topological polar surface area (TPSA) is 113 Å². The van der Waals surface area contributed by atoms with E-state index in [2.05, 4.69) is 32.2 Å². The third-order valence-electron chi connectivity index (χ3n) is 6.15. The number of fused-ring (bicyclic) bond motifs is 1. The van der Waals surface area contributed by atoms with E-state index in [4.69, 9.17) is 14.2 Å². The SMILES string of the molecule is C=CCOc1cc([C@@H]2CC(=O)Nc3c2c(C)nn3-c2nncc(-c3cccc(OC)c3)n2)ccc1OC. The summed E-state index contributed by atoms with van der Waals surface area (Å²) >= 11 is 0. The summed E-state index contributed by atoms with van der Waals surface area (Å²) in [5, 5.41) is 16.0. The first kappa shape index (κ1) is 24.0. The van der Waals surface area contributed by atoms with Gasteiger partial charge in [0.25, 0.3) is 5.95 Å². The van der Waals surface area contributed by atoms with Crippen LogP contribution in [0.15, 0.2) is 61.3 Å². The molecule has 0 radical (unpaired) electrons. The van der Waals surface area contributed by atoms with Gasteiger partial charge in [-0.05, 0) is 36.8 Å². The Bertz CT molecular complexity index is 1480. The first-order valence-electron chi connectivity index (χ1n) is 11.7. The second kappa shape index (κ2) is 10.1. The van der Waals surface area contributed by atoms with Gasteiger partial charge in [-0.25, -0.2) is 4.98 Å². The average molecular weight is 499 g/mol. The van der Waals surface area contributed by atoms with Crippen molar-refractivity contribution >= 4 is 11.7 Å². The number of nitrogens with one attached hydrogen (secondary N) is 1. The highest BCUT2D eigenvalue weighted by Gasteiger charge is 2.34. The van der Waals surface area contributed by atoms with Crippen LogP contribution in [0.25, 0.3) is 17.2 Å². The summed E-state index contributed by atoms with van der Waals surface area (Å²) in [7, 11) is 3.20. The van der Waals surface area contributed by atoms with Crippen LogP contribution in [0.4, 0.5) is 5.82 Å². The van der Waals surface area contributed by atoms with Gasteiger partial charge in [-0.15, -0.1) is 5.10 Å². The number of carbonyl (C=O) groups is 1. The predicted molar refractivity (Wildman–Crippen MR) is 137 cm³/mol. The van der Waals surface area contributed by atoms with Crippen molar-refractivity contribution in [2.24, 2.45) is 0 Å². The molecule has 37 heavy (non-hydrogen) atoms. The molecule has 0 saturated heterocycles. The average Bonchev–Trinajstić information content (AvgIpc) is 3.27. The first-order valence-corrected chi connectivity index (χ1v) is 11.7. The Balaban J connectivity index is 1.57. The number of benzene rings is 2. The number of methoxy groups -OCH3 is 2. The maximum absolute atomic E-state index is 12.8. The summed E-state index contributed by atoms with van der Waals surface area (Å²) in [5.74, 6) is 2.27. The lowest BCUT2D eigenvalue weighted by molar-refractivity contribution is -0.116. The Morgan fingerprint density at radius 3 is 2.81 bits per heavy atom. The van der Waals surface area contributed by atoms with Gasteiger partial charge in [0, 0.05) is 23.5 Å². The van der Waals surface area contributed by atoms with E-state index in [1.165, 1.54) is 4.68 Å². The molecule has 0 unspecified atom stereocenters. The maximum Gasteiger partial charge on any atom is 0.272 e. The van der Waals surface area contributed by atoms with Gasteiger partial charge in [0.05, 0.1) is 31.8 Å². The molecule has 1 atom stereocenters. The molecular weight excluding hydrogens is 472 g/mol. The normalized spacial score (nSPS) is 14.5. The minimum Gasteiger partial charge on any atom is -0.497 e. The number of ether oxygens (including phenoxy) is 3. The predicted octanol–water partition coefficient (Wildman–Crippen LogP) is 4.09. The fraction of sp³-hybridized carbons (Fsp3) is 0.222. The molecule has 0 spiro atoms. The molecule has 0 bridgehead atoms. The van der Waals surface area contributed by atoms with Crippen molar-refractivity contribution in [3.8, 4) is 34.5 Å². The number of amides is 1. The second-order valence-electron chi connectivity index (χ2n) is 8.45. The van der Waals surface area contributed by atoms with E-state index in [1.54, 1.807) is 26.5 Å². The molecule has 0 aliphatic carbocycles. The highest BCUT2D eigenvalue weighted by molar-refractivity contribution is 5.95. The van der Waals surface area contributed by atoms with Gasteiger partial charge in [-0.3, -0.25) is 4.79 Å². The summed E-state index contributed by atoms with van der Waals surface area (Å²) < 4.78 is 18.1. The van der Waals surface area contributed by atoms with Gasteiger partial charge in [0.2, 0.25) is 5.91 Å². The van der Waals surface area contributed by atoms with E-state index in [1.807, 2.05) is 49.4 Å². The molecule has 3 heterocycles. The maximum atomic E-state index is 12.8. The molecule has 5 rings (SSSR count). The summed E-state index contributed by atoms with van der Waals surface area (Å²) in [4.78, 5) is 17.5. The van der Waals surface area contributed by atoms with Crippen molar-refractivity contribution < 1.29 is 19.0 Å². The van der Waals surface area contributed by atoms with Gasteiger partial charge in [0.15, 0.2) is 11.5 Å². The zero-order chi connectivity index (χ0) is 25.9. The van der Waals surface area contributed by atoms with Crippen molar-refractivity contribution in [2.45, 2.75) is 19.3 Å². The molecule has 2 aromatic heterocycles. The number of anilines is 1. The molecule has 188 valence electrons. The molecule has 4 aromatic rings. The molecule has 10 nitrogen and oxygen atoms in total. The van der Waals surface area contributed by atoms with Gasteiger partial charge in [-0.2, -0.15) is 14.9 Å². The minimum atomic E-state index is -0.246. The van der Waals surface area contributed by atoms with E-state index < -0.39 is 0 Å². The van der Waals surface area contributed by atoms with E-state index in [-0.39, 0.29) is 24.2 Å². The summed E-state index contributed by atoms with van der Waals surface area (Å²) in [6, 6.07) is 13.2. The Morgan fingerprint density at radius 1 is 1.16 bits per heavy atom. The fourth-order valence-corrected chi connectivity index (χ4v) is 4.45. The Morgan fingerprint density at radius 2 is 2.03 bits per heavy atom. The van der Waals surface area contributed by atoms with Crippen molar-refractivity contribution in [3.63, 3.8) is 0 Å². The van der Waals surface area contributed by atoms with E-state index in [0.29, 0.717) is 35.4 Å². The number of hydrogen-bond donors (Lipinski definition) is 1. The van der Waals surface area contributed by atoms with Crippen LogP contribution in [0.3, 0.4) is 0 Å². The highest BCUT2D eigenvalue weighted by atomic mass is 16.5. The molecular formula is C27H26N6O4. The van der Waals surface area contributed by atoms with Gasteiger partial charge < -0.3 is 19.5 Å². The molecule has 0 saturated carbocycles. The third-order valence-corrected chi connectivity index (χ3v) is 6.15.